The van der Waals surface area contributed by atoms with E-state index in [-0.39, 0.29) is 43.9 Å². The van der Waals surface area contributed by atoms with E-state index in [0.717, 1.165) is 13.8 Å². The minimum absolute atomic E-state index is 0.0475. The minimum atomic E-state index is -1.89. The van der Waals surface area contributed by atoms with Crippen molar-refractivity contribution in [3.05, 3.63) is 54.1 Å². The average Bonchev–Trinajstić information content (AvgIpc) is 3.89. The largest absolute Gasteiger partial charge is 0.481 e. The molecule has 30 nitrogen and oxygen atoms in total. The number of H-pyrrole nitrogens is 1. The third-order valence-corrected chi connectivity index (χ3v) is 11.8. The summed E-state index contributed by atoms with van der Waals surface area (Å²) in [5.41, 5.74) is 22.2. The number of nitrogens with zero attached hydrogens (tertiary/aromatic N) is 2. The lowest BCUT2D eigenvalue weighted by molar-refractivity contribution is -0.144. The minimum Gasteiger partial charge on any atom is -0.481 e. The van der Waals surface area contributed by atoms with Crippen LogP contribution in [0.25, 0.3) is 0 Å². The molecule has 1 heterocycles. The third kappa shape index (κ3) is 23.5. The number of aromatic nitrogens is 2. The predicted molar refractivity (Wildman–Crippen MR) is 273 cm³/mol. The first-order valence-electron chi connectivity index (χ1n) is 24.6. The molecule has 0 unspecified atom stereocenters. The number of carboxylic acids is 2. The van der Waals surface area contributed by atoms with Gasteiger partial charge in [0.2, 0.25) is 53.2 Å². The van der Waals surface area contributed by atoms with Crippen LogP contribution in [0.3, 0.4) is 0 Å². The van der Waals surface area contributed by atoms with E-state index < -0.39 is 164 Å². The van der Waals surface area contributed by atoms with Crippen molar-refractivity contribution in [2.24, 2.45) is 33.8 Å². The first-order valence-corrected chi connectivity index (χ1v) is 24.6. The van der Waals surface area contributed by atoms with Crippen LogP contribution in [0.4, 0.5) is 0 Å². The molecule has 0 radical (unpaired) electrons. The molecule has 0 spiro atoms. The molecule has 0 saturated carbocycles. The number of nitrogens with two attached hydrogens (primary N) is 4. The molecule has 0 bridgehead atoms. The number of aliphatic imine (C=N–C) groups is 1. The highest BCUT2D eigenvalue weighted by atomic mass is 16.4. The number of guanidine groups is 1. The Morgan fingerprint density at radius 3 is 1.53 bits per heavy atom. The van der Waals surface area contributed by atoms with Crippen LogP contribution in [-0.4, -0.2) is 175 Å². The maximum absolute atomic E-state index is 14.3. The van der Waals surface area contributed by atoms with E-state index in [2.05, 4.69) is 57.5 Å². The Balaban J connectivity index is 2.48. The number of aliphatic hydroxyl groups excluding tert-OH is 2. The van der Waals surface area contributed by atoms with Crippen molar-refractivity contribution >= 4 is 71.1 Å². The van der Waals surface area contributed by atoms with E-state index in [0.29, 0.717) is 12.0 Å². The Hall–Kier alpha value is -8.25. The van der Waals surface area contributed by atoms with Crippen LogP contribution in [0.15, 0.2) is 47.8 Å². The Morgan fingerprint density at radius 2 is 1.08 bits per heavy atom. The van der Waals surface area contributed by atoms with Gasteiger partial charge in [-0.05, 0) is 51.0 Å². The SMILES string of the molecule is CC[C@H](C)[C@H](NC(=O)[C@H](CCC(=O)O)NC(=O)[C@H](Cc1cnc[nH]1)NC(=O)[C@@H](NC(=O)[C@H](Cc1ccccc1)NC(=O)[C@@H](NC(=O)[C@H](CCC(N)=O)NC(=O)[C@H](CCCN=C(N)N)NC(=O)CN)[C@@H](C)O)[C@@H](C)O)C(=O)O. The van der Waals surface area contributed by atoms with Gasteiger partial charge in [-0.25, -0.2) is 9.78 Å². The zero-order valence-electron chi connectivity index (χ0n) is 43.2. The molecule has 0 aliphatic carbocycles. The van der Waals surface area contributed by atoms with Gasteiger partial charge in [-0.1, -0.05) is 50.6 Å². The lowest BCUT2D eigenvalue weighted by Gasteiger charge is -2.29. The van der Waals surface area contributed by atoms with Crippen molar-refractivity contribution in [3.8, 4) is 0 Å². The van der Waals surface area contributed by atoms with Gasteiger partial charge in [-0.15, -0.1) is 0 Å². The van der Waals surface area contributed by atoms with Crippen LogP contribution in [-0.2, 0) is 65.6 Å². The molecule has 0 aliphatic heterocycles. The van der Waals surface area contributed by atoms with Gasteiger partial charge in [0.25, 0.3) is 0 Å². The number of imidazole rings is 1. The van der Waals surface area contributed by atoms with E-state index in [9.17, 15) is 73.2 Å². The number of aromatic amines is 1. The van der Waals surface area contributed by atoms with Gasteiger partial charge in [0.1, 0.15) is 48.3 Å². The monoisotopic (exact) mass is 1090 g/mol. The second-order valence-electron chi connectivity index (χ2n) is 18.1. The zero-order valence-corrected chi connectivity index (χ0v) is 43.2. The number of aliphatic carboxylic acids is 2. The van der Waals surface area contributed by atoms with Crippen LogP contribution in [0.2, 0.25) is 0 Å². The maximum atomic E-state index is 14.3. The first kappa shape index (κ1) is 64.9. The maximum Gasteiger partial charge on any atom is 0.326 e. The van der Waals surface area contributed by atoms with Gasteiger partial charge in [-0.2, -0.15) is 0 Å². The van der Waals surface area contributed by atoms with Crippen molar-refractivity contribution < 1.29 is 73.2 Å². The van der Waals surface area contributed by atoms with Crippen molar-refractivity contribution in [2.75, 3.05) is 13.1 Å². The van der Waals surface area contributed by atoms with Gasteiger partial charge in [0.15, 0.2) is 5.96 Å². The van der Waals surface area contributed by atoms with Crippen LogP contribution in [0.5, 0.6) is 0 Å². The molecule has 1 aromatic heterocycles. The summed E-state index contributed by atoms with van der Waals surface area (Å²) >= 11 is 0. The van der Waals surface area contributed by atoms with Gasteiger partial charge >= 0.3 is 11.9 Å². The molecule has 2 rings (SSSR count). The number of carbonyl (C=O) groups excluding carboxylic acids is 9. The standard InChI is InChI=1S/C47H73N15O15/c1-5-23(2)36(46(76)77)60-40(70)30(14-16-35(67)68)57-42(72)32(19-27-21-52-22-54-27)59-45(75)38(25(4)64)62-43(73)31(18-26-10-7-6-8-11-26)58-44(74)37(24(3)63)61-41(71)29(13-15-33(49)65)56-39(69)28(55-34(66)20-48)12-9-17-53-47(50)51/h6-8,10-11,21-25,28-32,36-38,63-64H,5,9,12-20,48H2,1-4H3,(H2,49,65)(H,52,54)(H,55,66)(H,56,69)(H,57,72)(H,58,74)(H,59,75)(H,60,70)(H,61,71)(H,62,73)(H,67,68)(H,76,77)(H4,50,51,53)/t23-,24+,25+,28-,29-,30-,31-,32-,36-,37-,38-/m0/s1. The summed E-state index contributed by atoms with van der Waals surface area (Å²) in [6.45, 7) is 5.04. The number of carboxylic acid groups (broad SMARTS) is 2. The van der Waals surface area contributed by atoms with Crippen molar-refractivity contribution in [3.63, 3.8) is 0 Å². The Bertz CT molecular complexity index is 2350. The summed E-state index contributed by atoms with van der Waals surface area (Å²) in [5, 5.41) is 60.0. The number of aliphatic hydroxyl groups is 2. The normalized spacial score (nSPS) is 15.3. The van der Waals surface area contributed by atoms with E-state index in [4.69, 9.17) is 22.9 Å². The number of amides is 9. The van der Waals surface area contributed by atoms with Crippen LogP contribution < -0.4 is 65.5 Å². The summed E-state index contributed by atoms with van der Waals surface area (Å²) in [4.78, 5) is 155. The molecule has 9 amide bonds. The van der Waals surface area contributed by atoms with E-state index in [1.165, 1.54) is 12.5 Å². The lowest BCUT2D eigenvalue weighted by Crippen LogP contribution is -2.63. The van der Waals surface area contributed by atoms with Gasteiger partial charge in [0, 0.05) is 44.1 Å². The lowest BCUT2D eigenvalue weighted by atomic mass is 9.98. The molecule has 1 aromatic carbocycles. The Kier molecular flexibility index (Phi) is 27.7. The molecule has 0 saturated heterocycles. The molecular formula is C47H73N15O15. The molecule has 77 heavy (non-hydrogen) atoms. The second-order valence-corrected chi connectivity index (χ2v) is 18.1. The molecule has 2 aromatic rings. The molecule has 30 heteroatoms. The molecule has 426 valence electrons. The fraction of sp³-hybridized carbons (Fsp3) is 0.553. The second kappa shape index (κ2) is 32.9. The molecule has 21 N–H and O–H groups in total. The van der Waals surface area contributed by atoms with Crippen LogP contribution in [0, 0.1) is 5.92 Å². The summed E-state index contributed by atoms with van der Waals surface area (Å²) < 4.78 is 0. The zero-order chi connectivity index (χ0) is 57.9. The highest BCUT2D eigenvalue weighted by Gasteiger charge is 2.38. The highest BCUT2D eigenvalue weighted by Crippen LogP contribution is 2.12. The average molecular weight is 1090 g/mol. The van der Waals surface area contributed by atoms with Crippen molar-refractivity contribution in [2.45, 2.75) is 146 Å². The number of primary amides is 1. The third-order valence-electron chi connectivity index (χ3n) is 11.8. The molecule has 0 aliphatic rings. The Morgan fingerprint density at radius 1 is 0.610 bits per heavy atom. The number of carbonyl (C=O) groups is 11. The number of rotatable bonds is 35. The van der Waals surface area contributed by atoms with Crippen molar-refractivity contribution in [1.29, 1.82) is 0 Å². The predicted octanol–water partition coefficient (Wildman–Crippen LogP) is -5.89. The molecule has 0 fully saturated rings. The Labute approximate surface area is 442 Å². The number of hydrogen-bond donors (Lipinski definition) is 17. The van der Waals surface area contributed by atoms with Crippen LogP contribution in [0.1, 0.15) is 83.9 Å². The fourth-order valence-corrected chi connectivity index (χ4v) is 7.32. The van der Waals surface area contributed by atoms with Crippen LogP contribution >= 0.6 is 0 Å². The number of benzene rings is 1. The summed E-state index contributed by atoms with van der Waals surface area (Å²) in [6, 6.07) is -4.92. The first-order chi connectivity index (χ1) is 36.3. The molecular weight excluding hydrogens is 1010 g/mol. The summed E-state index contributed by atoms with van der Waals surface area (Å²) in [6.07, 6.45) is -3.09. The van der Waals surface area contributed by atoms with E-state index in [1.54, 1.807) is 44.2 Å². The van der Waals surface area contributed by atoms with Crippen molar-refractivity contribution in [1.82, 2.24) is 52.5 Å². The fourth-order valence-electron chi connectivity index (χ4n) is 7.32. The van der Waals surface area contributed by atoms with Gasteiger partial charge in [-0.3, -0.25) is 52.9 Å². The van der Waals surface area contributed by atoms with E-state index in [1.807, 2.05) is 0 Å². The number of nitrogens with one attached hydrogen (secondary N) is 9. The molecule has 11 atom stereocenters. The summed E-state index contributed by atoms with van der Waals surface area (Å²) in [7, 11) is 0. The summed E-state index contributed by atoms with van der Waals surface area (Å²) in [5.74, 6) is -12.7. The van der Waals surface area contributed by atoms with E-state index >= 15 is 0 Å². The smallest absolute Gasteiger partial charge is 0.326 e. The quantitative estimate of drug-likeness (QED) is 0.0174. The van der Waals surface area contributed by atoms with Gasteiger partial charge in [0.05, 0.1) is 25.1 Å². The number of hydrogen-bond acceptors (Lipinski definition) is 16. The van der Waals surface area contributed by atoms with Gasteiger partial charge < -0.3 is 90.9 Å². The topological polar surface area (TPSA) is 510 Å². The highest BCUT2D eigenvalue weighted by molar-refractivity contribution is 5.98.